The minimum absolute atomic E-state index is 0.536. The summed E-state index contributed by atoms with van der Waals surface area (Å²) in [7, 11) is 0. The van der Waals surface area contributed by atoms with Crippen molar-refractivity contribution in [1.82, 2.24) is 0 Å². The van der Waals surface area contributed by atoms with Crippen molar-refractivity contribution in [1.29, 1.82) is 0 Å². The van der Waals surface area contributed by atoms with Crippen LogP contribution in [-0.4, -0.2) is 5.33 Å². The maximum Gasteiger partial charge on any atom is 0.0595 e. The fraction of sp³-hybridized carbons (Fsp3) is 0.250. The van der Waals surface area contributed by atoms with Crippen LogP contribution in [0.1, 0.15) is 11.1 Å². The van der Waals surface area contributed by atoms with E-state index < -0.39 is 0 Å². The molecule has 0 radical (unpaired) electrons. The van der Waals surface area contributed by atoms with Crippen LogP contribution in [0.15, 0.2) is 46.9 Å². The smallest absolute Gasteiger partial charge is 0.0595 e. The quantitative estimate of drug-likeness (QED) is 0.466. The van der Waals surface area contributed by atoms with Gasteiger partial charge in [0, 0.05) is 9.80 Å². The second-order valence-corrected chi connectivity index (χ2v) is 7.18. The molecule has 1 atom stereocenters. The van der Waals surface area contributed by atoms with Crippen molar-refractivity contribution in [3.05, 3.63) is 68.1 Å². The minimum atomic E-state index is 0.536. The standard InChI is InChI=1S/C16H14Br2Cl2/c17-10-13(7-11-1-4-14(18)5-2-11)8-12-3-6-15(19)16(20)9-12/h1-6,9,13H,7-8,10H2. The Morgan fingerprint density at radius 3 is 2.05 bits per heavy atom. The molecule has 2 rings (SSSR count). The van der Waals surface area contributed by atoms with E-state index in [2.05, 4.69) is 56.1 Å². The van der Waals surface area contributed by atoms with Gasteiger partial charge in [0.25, 0.3) is 0 Å². The summed E-state index contributed by atoms with van der Waals surface area (Å²) >= 11 is 19.1. The third-order valence-corrected chi connectivity index (χ3v) is 5.35. The topological polar surface area (TPSA) is 0 Å². The van der Waals surface area contributed by atoms with Crippen molar-refractivity contribution in [2.45, 2.75) is 12.8 Å². The Bertz CT molecular complexity index is 567. The Balaban J connectivity index is 2.04. The normalized spacial score (nSPS) is 12.4. The van der Waals surface area contributed by atoms with Crippen molar-refractivity contribution in [2.24, 2.45) is 5.92 Å². The van der Waals surface area contributed by atoms with Crippen LogP contribution >= 0.6 is 55.1 Å². The maximum absolute atomic E-state index is 6.07. The van der Waals surface area contributed by atoms with Gasteiger partial charge in [-0.05, 0) is 54.2 Å². The van der Waals surface area contributed by atoms with E-state index in [1.54, 1.807) is 0 Å². The van der Waals surface area contributed by atoms with Gasteiger partial charge in [-0.15, -0.1) is 0 Å². The molecule has 0 nitrogen and oxygen atoms in total. The average Bonchev–Trinajstić information content (AvgIpc) is 2.44. The van der Waals surface area contributed by atoms with E-state index in [-0.39, 0.29) is 0 Å². The first-order chi connectivity index (χ1) is 9.58. The summed E-state index contributed by atoms with van der Waals surface area (Å²) in [6, 6.07) is 14.4. The van der Waals surface area contributed by atoms with E-state index in [0.29, 0.717) is 16.0 Å². The predicted molar refractivity (Wildman–Crippen MR) is 95.3 cm³/mol. The second kappa shape index (κ2) is 7.84. The maximum atomic E-state index is 6.07. The highest BCUT2D eigenvalue weighted by molar-refractivity contribution is 9.10. The second-order valence-electron chi connectivity index (χ2n) is 4.80. The van der Waals surface area contributed by atoms with E-state index in [1.807, 2.05) is 18.2 Å². The minimum Gasteiger partial charge on any atom is -0.0925 e. The zero-order valence-electron chi connectivity index (χ0n) is 10.8. The van der Waals surface area contributed by atoms with E-state index in [9.17, 15) is 0 Å². The van der Waals surface area contributed by atoms with Crippen molar-refractivity contribution in [3.63, 3.8) is 0 Å². The first kappa shape index (κ1) is 16.4. The zero-order valence-corrected chi connectivity index (χ0v) is 15.4. The molecule has 2 aromatic carbocycles. The van der Waals surface area contributed by atoms with Crippen molar-refractivity contribution < 1.29 is 0 Å². The molecular formula is C16H14Br2Cl2. The molecule has 0 fully saturated rings. The average molecular weight is 437 g/mol. The van der Waals surface area contributed by atoms with Gasteiger partial charge in [-0.1, -0.05) is 73.3 Å². The molecule has 0 aliphatic heterocycles. The molecule has 0 aliphatic rings. The first-order valence-electron chi connectivity index (χ1n) is 6.33. The van der Waals surface area contributed by atoms with Crippen molar-refractivity contribution in [3.8, 4) is 0 Å². The van der Waals surface area contributed by atoms with Crippen LogP contribution in [0.5, 0.6) is 0 Å². The van der Waals surface area contributed by atoms with Crippen molar-refractivity contribution >= 4 is 55.1 Å². The van der Waals surface area contributed by atoms with Crippen molar-refractivity contribution in [2.75, 3.05) is 5.33 Å². The molecule has 0 saturated carbocycles. The number of rotatable bonds is 5. The lowest BCUT2D eigenvalue weighted by Gasteiger charge is -2.15. The van der Waals surface area contributed by atoms with Crippen LogP contribution in [0.2, 0.25) is 10.0 Å². The van der Waals surface area contributed by atoms with Gasteiger partial charge in [0.05, 0.1) is 10.0 Å². The lowest BCUT2D eigenvalue weighted by atomic mass is 9.94. The molecule has 0 spiro atoms. The van der Waals surface area contributed by atoms with E-state index in [0.717, 1.165) is 22.6 Å². The highest BCUT2D eigenvalue weighted by Gasteiger charge is 2.10. The Kier molecular flexibility index (Phi) is 6.41. The van der Waals surface area contributed by atoms with Gasteiger partial charge in [0.2, 0.25) is 0 Å². The molecule has 2 aromatic rings. The molecular weight excluding hydrogens is 423 g/mol. The van der Waals surface area contributed by atoms with Gasteiger partial charge in [0.1, 0.15) is 0 Å². The lowest BCUT2D eigenvalue weighted by molar-refractivity contribution is 0.591. The summed E-state index contributed by atoms with van der Waals surface area (Å²) in [5, 5.41) is 2.20. The number of hydrogen-bond acceptors (Lipinski definition) is 0. The third-order valence-electron chi connectivity index (χ3n) is 3.16. The van der Waals surface area contributed by atoms with Gasteiger partial charge in [-0.25, -0.2) is 0 Å². The van der Waals surface area contributed by atoms with Crippen LogP contribution in [0.4, 0.5) is 0 Å². The van der Waals surface area contributed by atoms with Crippen LogP contribution in [0.25, 0.3) is 0 Å². The molecule has 0 heterocycles. The van der Waals surface area contributed by atoms with Crippen LogP contribution < -0.4 is 0 Å². The molecule has 0 amide bonds. The molecule has 0 saturated heterocycles. The van der Waals surface area contributed by atoms with Gasteiger partial charge in [-0.3, -0.25) is 0 Å². The fourth-order valence-electron chi connectivity index (χ4n) is 2.14. The molecule has 0 bridgehead atoms. The number of alkyl halides is 1. The Labute approximate surface area is 146 Å². The summed E-state index contributed by atoms with van der Waals surface area (Å²) in [5.41, 5.74) is 2.57. The molecule has 20 heavy (non-hydrogen) atoms. The van der Waals surface area contributed by atoms with Gasteiger partial charge in [0.15, 0.2) is 0 Å². The molecule has 0 N–H and O–H groups in total. The Morgan fingerprint density at radius 2 is 1.45 bits per heavy atom. The van der Waals surface area contributed by atoms with Crippen LogP contribution in [0, 0.1) is 5.92 Å². The van der Waals surface area contributed by atoms with Gasteiger partial charge < -0.3 is 0 Å². The highest BCUT2D eigenvalue weighted by atomic mass is 79.9. The molecule has 0 aliphatic carbocycles. The Morgan fingerprint density at radius 1 is 0.850 bits per heavy atom. The third kappa shape index (κ3) is 4.77. The SMILES string of the molecule is Clc1ccc(CC(CBr)Cc2ccc(Br)cc2)cc1Cl. The van der Waals surface area contributed by atoms with E-state index in [1.165, 1.54) is 11.1 Å². The zero-order chi connectivity index (χ0) is 14.5. The van der Waals surface area contributed by atoms with Gasteiger partial charge in [-0.2, -0.15) is 0 Å². The van der Waals surface area contributed by atoms with Crippen LogP contribution in [-0.2, 0) is 12.8 Å². The summed E-state index contributed by atoms with van der Waals surface area (Å²) < 4.78 is 1.11. The summed E-state index contributed by atoms with van der Waals surface area (Å²) in [6.45, 7) is 0. The summed E-state index contributed by atoms with van der Waals surface area (Å²) in [4.78, 5) is 0. The monoisotopic (exact) mass is 434 g/mol. The highest BCUT2D eigenvalue weighted by Crippen LogP contribution is 2.25. The van der Waals surface area contributed by atoms with E-state index in [4.69, 9.17) is 23.2 Å². The Hall–Kier alpha value is -0.0200. The molecule has 4 heteroatoms. The van der Waals surface area contributed by atoms with E-state index >= 15 is 0 Å². The van der Waals surface area contributed by atoms with Crippen LogP contribution in [0.3, 0.4) is 0 Å². The number of hydrogen-bond donors (Lipinski definition) is 0. The van der Waals surface area contributed by atoms with Gasteiger partial charge >= 0.3 is 0 Å². The number of benzene rings is 2. The fourth-order valence-corrected chi connectivity index (χ4v) is 3.18. The summed E-state index contributed by atoms with van der Waals surface area (Å²) in [6.07, 6.45) is 2.02. The lowest BCUT2D eigenvalue weighted by Crippen LogP contribution is -2.10. The first-order valence-corrected chi connectivity index (χ1v) is 9.00. The molecule has 106 valence electrons. The molecule has 0 aromatic heterocycles. The summed E-state index contributed by atoms with van der Waals surface area (Å²) in [5.74, 6) is 0.536. The molecule has 1 unspecified atom stereocenters. The largest absolute Gasteiger partial charge is 0.0925 e. The number of halogens is 4. The predicted octanol–water partition coefficient (Wildman–Crippen LogP) is 6.55.